The van der Waals surface area contributed by atoms with Crippen molar-refractivity contribution in [2.45, 2.75) is 70.7 Å². The highest BCUT2D eigenvalue weighted by Crippen LogP contribution is 2.12. The van der Waals surface area contributed by atoms with Crippen molar-refractivity contribution in [2.75, 3.05) is 0 Å². The molecule has 3 amide bonds. The van der Waals surface area contributed by atoms with Gasteiger partial charge in [-0.25, -0.2) is 18.4 Å². The summed E-state index contributed by atoms with van der Waals surface area (Å²) in [4.78, 5) is 71.9. The van der Waals surface area contributed by atoms with E-state index in [2.05, 4.69) is 10.6 Å². The van der Waals surface area contributed by atoms with Gasteiger partial charge in [0.2, 0.25) is 18.2 Å². The molecule has 2 unspecified atom stereocenters. The number of alkyl carbamates (subject to hydrolysis) is 1. The normalized spacial score (nSPS) is 13.9. The molecular weight excluding hydrogens is 512 g/mol. The quantitative estimate of drug-likeness (QED) is 0.192. The van der Waals surface area contributed by atoms with E-state index in [9.17, 15) is 37.5 Å². The van der Waals surface area contributed by atoms with Crippen molar-refractivity contribution in [1.29, 1.82) is 0 Å². The number of nitrogens with one attached hydrogen (secondary N) is 3. The number of carboxylic acids is 2. The summed E-state index contributed by atoms with van der Waals surface area (Å²) in [6.45, 7) is 3.26. The first-order valence-corrected chi connectivity index (χ1v) is 11.7. The molecule has 0 radical (unpaired) electrons. The van der Waals surface area contributed by atoms with Gasteiger partial charge in [0, 0.05) is 12.8 Å². The number of hydrogen-bond donors (Lipinski definition) is 5. The molecule has 0 heterocycles. The summed E-state index contributed by atoms with van der Waals surface area (Å²) in [5.74, 6) is -7.74. The Balaban J connectivity index is 3.02. The molecule has 0 spiro atoms. The molecule has 0 aromatic heterocycles. The predicted octanol–water partition coefficient (Wildman–Crippen LogP) is 1.47. The molecule has 38 heavy (non-hydrogen) atoms. The van der Waals surface area contributed by atoms with Crippen LogP contribution in [-0.2, 0) is 35.3 Å². The van der Waals surface area contributed by atoms with Crippen molar-refractivity contribution in [1.82, 2.24) is 16.0 Å². The van der Waals surface area contributed by atoms with E-state index in [1.807, 2.05) is 5.32 Å². The van der Waals surface area contributed by atoms with Gasteiger partial charge < -0.3 is 30.9 Å². The van der Waals surface area contributed by atoms with Crippen LogP contribution < -0.4 is 16.0 Å². The van der Waals surface area contributed by atoms with E-state index in [4.69, 9.17) is 14.9 Å². The Kier molecular flexibility index (Phi) is 13.4. The molecule has 0 aliphatic carbocycles. The van der Waals surface area contributed by atoms with Gasteiger partial charge >= 0.3 is 18.0 Å². The average molecular weight is 544 g/mol. The van der Waals surface area contributed by atoms with Gasteiger partial charge in [0.25, 0.3) is 5.78 Å². The summed E-state index contributed by atoms with van der Waals surface area (Å²) in [6.07, 6.45) is -6.14. The lowest BCUT2D eigenvalue weighted by atomic mass is 9.97. The summed E-state index contributed by atoms with van der Waals surface area (Å²) >= 11 is 0. The van der Waals surface area contributed by atoms with Gasteiger partial charge in [0.1, 0.15) is 24.7 Å². The van der Waals surface area contributed by atoms with Crippen LogP contribution in [0.1, 0.15) is 45.1 Å². The molecule has 210 valence electrons. The van der Waals surface area contributed by atoms with Crippen molar-refractivity contribution >= 4 is 35.6 Å². The fourth-order valence-corrected chi connectivity index (χ4v) is 3.22. The number of carbonyl (C=O) groups is 6. The summed E-state index contributed by atoms with van der Waals surface area (Å²) in [5.41, 5.74) is 0.687. The minimum atomic E-state index is -3.14. The molecular formula is C24H31F2N3O9. The van der Waals surface area contributed by atoms with Crippen LogP contribution in [0.15, 0.2) is 30.3 Å². The van der Waals surface area contributed by atoms with Gasteiger partial charge in [0.15, 0.2) is 0 Å². The lowest BCUT2D eigenvalue weighted by Crippen LogP contribution is -2.57. The van der Waals surface area contributed by atoms with E-state index in [0.29, 0.717) is 12.0 Å². The SMILES string of the molecule is CCC(C)[C@H](NC(=O)OCc1ccccc1)C(=O)N[C@@H](CCC(=O)O)C(=O)NC(CC(F)F)C(=O)C(=O)O. The van der Waals surface area contributed by atoms with E-state index >= 15 is 0 Å². The Morgan fingerprint density at radius 2 is 1.53 bits per heavy atom. The zero-order valence-electron chi connectivity index (χ0n) is 20.8. The third kappa shape index (κ3) is 11.3. The molecule has 0 saturated heterocycles. The topological polar surface area (TPSA) is 188 Å². The minimum absolute atomic E-state index is 0.0890. The number of carbonyl (C=O) groups excluding carboxylic acids is 4. The lowest BCUT2D eigenvalue weighted by molar-refractivity contribution is -0.151. The Labute approximate surface area is 217 Å². The second kappa shape index (κ2) is 15.9. The number of carboxylic acid groups (broad SMARTS) is 2. The van der Waals surface area contributed by atoms with E-state index in [0.717, 1.165) is 0 Å². The van der Waals surface area contributed by atoms with Crippen LogP contribution in [-0.4, -0.2) is 70.4 Å². The Morgan fingerprint density at radius 1 is 0.921 bits per heavy atom. The fraction of sp³-hybridized carbons (Fsp3) is 0.500. The molecule has 1 aromatic carbocycles. The molecule has 12 nitrogen and oxygen atoms in total. The lowest BCUT2D eigenvalue weighted by Gasteiger charge is -2.27. The summed E-state index contributed by atoms with van der Waals surface area (Å²) < 4.78 is 30.8. The number of ketones is 1. The second-order valence-corrected chi connectivity index (χ2v) is 8.42. The van der Waals surface area contributed by atoms with Crippen molar-refractivity contribution in [2.24, 2.45) is 5.92 Å². The molecule has 0 bridgehead atoms. The largest absolute Gasteiger partial charge is 0.481 e. The van der Waals surface area contributed by atoms with Crippen molar-refractivity contribution in [3.05, 3.63) is 35.9 Å². The van der Waals surface area contributed by atoms with E-state index in [1.165, 1.54) is 0 Å². The Bertz CT molecular complexity index is 992. The molecule has 14 heteroatoms. The van der Waals surface area contributed by atoms with Crippen LogP contribution in [0.4, 0.5) is 13.6 Å². The van der Waals surface area contributed by atoms with Crippen LogP contribution in [0.5, 0.6) is 0 Å². The first-order valence-electron chi connectivity index (χ1n) is 11.7. The monoisotopic (exact) mass is 543 g/mol. The van der Waals surface area contributed by atoms with Crippen LogP contribution in [0.3, 0.4) is 0 Å². The summed E-state index contributed by atoms with van der Waals surface area (Å²) in [7, 11) is 0. The third-order valence-electron chi connectivity index (χ3n) is 5.52. The number of amides is 3. The van der Waals surface area contributed by atoms with Gasteiger partial charge in [-0.05, 0) is 17.9 Å². The van der Waals surface area contributed by atoms with Crippen molar-refractivity contribution < 1.29 is 52.5 Å². The fourth-order valence-electron chi connectivity index (χ4n) is 3.22. The molecule has 0 saturated carbocycles. The number of rotatable bonds is 16. The van der Waals surface area contributed by atoms with E-state index in [-0.39, 0.29) is 6.61 Å². The Morgan fingerprint density at radius 3 is 2.05 bits per heavy atom. The third-order valence-corrected chi connectivity index (χ3v) is 5.52. The second-order valence-electron chi connectivity index (χ2n) is 8.42. The molecule has 4 atom stereocenters. The Hall–Kier alpha value is -4.10. The number of Topliss-reactive ketones (excluding diaryl/α,β-unsaturated/α-hetero) is 1. The molecule has 5 N–H and O–H groups in total. The van der Waals surface area contributed by atoms with E-state index in [1.54, 1.807) is 44.2 Å². The maximum Gasteiger partial charge on any atom is 0.408 e. The van der Waals surface area contributed by atoms with Gasteiger partial charge in [-0.1, -0.05) is 50.6 Å². The number of halogens is 2. The van der Waals surface area contributed by atoms with Gasteiger partial charge in [-0.2, -0.15) is 0 Å². The number of hydrogen-bond acceptors (Lipinski definition) is 7. The molecule has 0 aliphatic rings. The molecule has 1 aromatic rings. The number of aliphatic carboxylic acids is 2. The van der Waals surface area contributed by atoms with Crippen LogP contribution in [0, 0.1) is 5.92 Å². The molecule has 0 fully saturated rings. The average Bonchev–Trinajstić information content (AvgIpc) is 2.86. The maximum atomic E-state index is 13.0. The molecule has 0 aliphatic heterocycles. The van der Waals surface area contributed by atoms with Gasteiger partial charge in [-0.3, -0.25) is 19.2 Å². The van der Waals surface area contributed by atoms with E-state index < -0.39 is 85.4 Å². The summed E-state index contributed by atoms with van der Waals surface area (Å²) in [6, 6.07) is 3.70. The van der Waals surface area contributed by atoms with Crippen LogP contribution in [0.25, 0.3) is 0 Å². The number of ether oxygens (including phenoxy) is 1. The zero-order valence-corrected chi connectivity index (χ0v) is 20.8. The first kappa shape index (κ1) is 31.9. The minimum Gasteiger partial charge on any atom is -0.481 e. The van der Waals surface area contributed by atoms with Gasteiger partial charge in [-0.15, -0.1) is 0 Å². The summed E-state index contributed by atoms with van der Waals surface area (Å²) in [5, 5.41) is 24.4. The van der Waals surface area contributed by atoms with Crippen LogP contribution in [0.2, 0.25) is 0 Å². The van der Waals surface area contributed by atoms with Crippen LogP contribution >= 0.6 is 0 Å². The van der Waals surface area contributed by atoms with Gasteiger partial charge in [0.05, 0.1) is 0 Å². The highest BCUT2D eigenvalue weighted by atomic mass is 19.3. The number of alkyl halides is 2. The maximum absolute atomic E-state index is 13.0. The molecule has 1 rings (SSSR count). The smallest absolute Gasteiger partial charge is 0.408 e. The van der Waals surface area contributed by atoms with Crippen molar-refractivity contribution in [3.63, 3.8) is 0 Å². The highest BCUT2D eigenvalue weighted by Gasteiger charge is 2.34. The standard InChI is InChI=1S/C24H31F2N3O9/c1-3-13(2)19(29-24(37)38-12-14-7-5-4-6-8-14)22(34)27-15(9-10-18(30)31)21(33)28-16(11-17(25)26)20(32)23(35)36/h4-8,13,15-17,19H,3,9-12H2,1-2H3,(H,27,34)(H,28,33)(H,29,37)(H,30,31)(H,35,36)/t13?,15-,16?,19-/m0/s1. The number of benzene rings is 1. The van der Waals surface area contributed by atoms with Crippen molar-refractivity contribution in [3.8, 4) is 0 Å². The predicted molar refractivity (Wildman–Crippen MR) is 127 cm³/mol. The highest BCUT2D eigenvalue weighted by molar-refractivity contribution is 6.35. The zero-order chi connectivity index (χ0) is 28.8. The first-order chi connectivity index (χ1) is 17.8.